The van der Waals surface area contributed by atoms with Crippen LogP contribution in [0.4, 0.5) is 0 Å². The number of ether oxygens (including phenoxy) is 1. The molecule has 0 unspecified atom stereocenters. The molecule has 0 atom stereocenters. The second-order valence-corrected chi connectivity index (χ2v) is 7.91. The maximum atomic E-state index is 6.26. The summed E-state index contributed by atoms with van der Waals surface area (Å²) >= 11 is 5.40. The van der Waals surface area contributed by atoms with Gasteiger partial charge in [-0.25, -0.2) is 0 Å². The van der Waals surface area contributed by atoms with E-state index in [2.05, 4.69) is 59.5 Å². The number of aryl methyl sites for hydroxylation is 2. The fraction of sp³-hybridized carbons (Fsp3) is 0.240. The summed E-state index contributed by atoms with van der Waals surface area (Å²) < 4.78 is 8.45. The Morgan fingerprint density at radius 3 is 2.74 bits per heavy atom. The van der Waals surface area contributed by atoms with Gasteiger partial charge < -0.3 is 4.74 Å². The molecule has 5 nitrogen and oxygen atoms in total. The fourth-order valence-electron chi connectivity index (χ4n) is 3.52. The van der Waals surface area contributed by atoms with Crippen LogP contribution in [-0.4, -0.2) is 21.1 Å². The molecular formula is C25H26N4OS. The van der Waals surface area contributed by atoms with Gasteiger partial charge in [0.25, 0.3) is 0 Å². The number of nitrogens with one attached hydrogen (secondary N) is 1. The number of rotatable bonds is 8. The third-order valence-corrected chi connectivity index (χ3v) is 5.61. The van der Waals surface area contributed by atoms with Crippen molar-refractivity contribution in [1.82, 2.24) is 14.9 Å². The summed E-state index contributed by atoms with van der Waals surface area (Å²) in [7, 11) is 0. The van der Waals surface area contributed by atoms with Crippen molar-refractivity contribution in [3.8, 4) is 5.75 Å². The van der Waals surface area contributed by atoms with Gasteiger partial charge in [0.05, 0.1) is 6.21 Å². The Labute approximate surface area is 187 Å². The van der Waals surface area contributed by atoms with E-state index in [9.17, 15) is 0 Å². The molecule has 1 N–H and O–H groups in total. The summed E-state index contributed by atoms with van der Waals surface area (Å²) in [6.45, 7) is 4.75. The Morgan fingerprint density at radius 2 is 1.90 bits per heavy atom. The molecule has 1 heterocycles. The zero-order valence-electron chi connectivity index (χ0n) is 17.8. The minimum absolute atomic E-state index is 0.491. The minimum atomic E-state index is 0.491. The van der Waals surface area contributed by atoms with E-state index in [1.54, 1.807) is 4.68 Å². The van der Waals surface area contributed by atoms with Crippen molar-refractivity contribution in [2.45, 2.75) is 39.7 Å². The van der Waals surface area contributed by atoms with Crippen molar-refractivity contribution >= 4 is 29.2 Å². The van der Waals surface area contributed by atoms with E-state index in [1.807, 2.05) is 36.5 Å². The molecule has 0 aliphatic heterocycles. The van der Waals surface area contributed by atoms with Gasteiger partial charge in [-0.3, -0.25) is 5.10 Å². The standard InChI is InChI=1S/C25H26N4OS/c1-3-4-13-24-27-28-25(31)29(24)26-16-22-21-12-8-7-10-19(21)14-15-23(22)30-17-20-11-6-5-9-18(20)2/h5-12,14-16H,3-4,13,17H2,1-2H3,(H,28,31)/b26-16+. The summed E-state index contributed by atoms with van der Waals surface area (Å²) in [5.74, 6) is 1.63. The van der Waals surface area contributed by atoms with Crippen LogP contribution in [0.1, 0.15) is 42.3 Å². The lowest BCUT2D eigenvalue weighted by Gasteiger charge is -2.13. The van der Waals surface area contributed by atoms with E-state index >= 15 is 0 Å². The molecular weight excluding hydrogens is 404 g/mol. The van der Waals surface area contributed by atoms with Crippen LogP contribution < -0.4 is 4.74 Å². The Bertz CT molecular complexity index is 1270. The van der Waals surface area contributed by atoms with E-state index < -0.39 is 0 Å². The van der Waals surface area contributed by atoms with Crippen molar-refractivity contribution in [2.24, 2.45) is 5.10 Å². The second kappa shape index (κ2) is 9.71. The lowest BCUT2D eigenvalue weighted by Crippen LogP contribution is -2.03. The molecule has 31 heavy (non-hydrogen) atoms. The number of benzene rings is 3. The van der Waals surface area contributed by atoms with Gasteiger partial charge in [0.15, 0.2) is 5.82 Å². The predicted octanol–water partition coefficient (Wildman–Crippen LogP) is 6.21. The van der Waals surface area contributed by atoms with Gasteiger partial charge in [-0.2, -0.15) is 14.9 Å². The number of unbranched alkanes of at least 4 members (excludes halogenated alkanes) is 1. The smallest absolute Gasteiger partial charge is 0.216 e. The summed E-state index contributed by atoms with van der Waals surface area (Å²) in [4.78, 5) is 0. The molecule has 0 saturated carbocycles. The van der Waals surface area contributed by atoms with E-state index in [0.29, 0.717) is 11.4 Å². The molecule has 4 aromatic rings. The zero-order chi connectivity index (χ0) is 21.6. The Balaban J connectivity index is 1.71. The third-order valence-electron chi connectivity index (χ3n) is 5.35. The van der Waals surface area contributed by atoms with Crippen LogP contribution in [0.25, 0.3) is 10.8 Å². The molecule has 4 rings (SSSR count). The topological polar surface area (TPSA) is 55.2 Å². The number of nitrogens with zero attached hydrogens (tertiary/aromatic N) is 3. The van der Waals surface area contributed by atoms with E-state index in [1.165, 1.54) is 5.56 Å². The van der Waals surface area contributed by atoms with Crippen molar-refractivity contribution in [2.75, 3.05) is 0 Å². The van der Waals surface area contributed by atoms with Gasteiger partial charge in [-0.05, 0) is 53.5 Å². The molecule has 6 heteroatoms. The van der Waals surface area contributed by atoms with Gasteiger partial charge in [-0.1, -0.05) is 67.9 Å². The lowest BCUT2D eigenvalue weighted by atomic mass is 10.0. The van der Waals surface area contributed by atoms with Crippen LogP contribution in [-0.2, 0) is 13.0 Å². The maximum Gasteiger partial charge on any atom is 0.216 e. The third kappa shape index (κ3) is 4.75. The summed E-state index contributed by atoms with van der Waals surface area (Å²) in [5, 5.41) is 14.1. The molecule has 0 radical (unpaired) electrons. The number of hydrogen-bond acceptors (Lipinski definition) is 4. The van der Waals surface area contributed by atoms with Gasteiger partial charge in [0.2, 0.25) is 4.77 Å². The quantitative estimate of drug-likeness (QED) is 0.267. The van der Waals surface area contributed by atoms with Crippen LogP contribution in [0, 0.1) is 11.7 Å². The highest BCUT2D eigenvalue weighted by Crippen LogP contribution is 2.28. The van der Waals surface area contributed by atoms with Crippen LogP contribution in [0.3, 0.4) is 0 Å². The highest BCUT2D eigenvalue weighted by molar-refractivity contribution is 7.71. The first-order valence-electron chi connectivity index (χ1n) is 10.6. The molecule has 1 aromatic heterocycles. The Morgan fingerprint density at radius 1 is 1.10 bits per heavy atom. The molecule has 0 saturated heterocycles. The predicted molar refractivity (Wildman–Crippen MR) is 128 cm³/mol. The summed E-state index contributed by atoms with van der Waals surface area (Å²) in [6, 6.07) is 20.6. The molecule has 0 bridgehead atoms. The van der Waals surface area contributed by atoms with E-state index in [-0.39, 0.29) is 0 Å². The average Bonchev–Trinajstić information content (AvgIpc) is 3.15. The summed E-state index contributed by atoms with van der Waals surface area (Å²) in [6.07, 6.45) is 4.78. The first-order chi connectivity index (χ1) is 15.2. The first kappa shape index (κ1) is 21.0. The number of H-pyrrole nitrogens is 1. The Kier molecular flexibility index (Phi) is 6.57. The largest absolute Gasteiger partial charge is 0.488 e. The van der Waals surface area contributed by atoms with Crippen molar-refractivity contribution in [3.63, 3.8) is 0 Å². The second-order valence-electron chi connectivity index (χ2n) is 7.52. The lowest BCUT2D eigenvalue weighted by molar-refractivity contribution is 0.305. The molecule has 0 aliphatic carbocycles. The van der Waals surface area contributed by atoms with Crippen LogP contribution >= 0.6 is 12.2 Å². The van der Waals surface area contributed by atoms with Crippen molar-refractivity contribution in [1.29, 1.82) is 0 Å². The van der Waals surface area contributed by atoms with Crippen LogP contribution in [0.2, 0.25) is 0 Å². The van der Waals surface area contributed by atoms with E-state index in [0.717, 1.165) is 52.7 Å². The van der Waals surface area contributed by atoms with Gasteiger partial charge in [0.1, 0.15) is 12.4 Å². The molecule has 0 fully saturated rings. The zero-order valence-corrected chi connectivity index (χ0v) is 18.7. The molecule has 158 valence electrons. The maximum absolute atomic E-state index is 6.26. The molecule has 3 aromatic carbocycles. The van der Waals surface area contributed by atoms with Crippen molar-refractivity contribution in [3.05, 3.63) is 87.9 Å². The van der Waals surface area contributed by atoms with Crippen molar-refractivity contribution < 1.29 is 4.74 Å². The first-order valence-corrected chi connectivity index (χ1v) is 11.0. The highest BCUT2D eigenvalue weighted by Gasteiger charge is 2.10. The van der Waals surface area contributed by atoms with Gasteiger partial charge in [0, 0.05) is 12.0 Å². The number of aromatic amines is 1. The molecule has 0 aliphatic rings. The highest BCUT2D eigenvalue weighted by atomic mass is 32.1. The number of hydrogen-bond donors (Lipinski definition) is 1. The summed E-state index contributed by atoms with van der Waals surface area (Å²) in [5.41, 5.74) is 3.30. The average molecular weight is 431 g/mol. The van der Waals surface area contributed by atoms with Crippen LogP contribution in [0.5, 0.6) is 5.75 Å². The Hall–Kier alpha value is -3.25. The normalized spacial score (nSPS) is 11.4. The van der Waals surface area contributed by atoms with Gasteiger partial charge >= 0.3 is 0 Å². The minimum Gasteiger partial charge on any atom is -0.488 e. The van der Waals surface area contributed by atoms with Crippen LogP contribution in [0.15, 0.2) is 65.8 Å². The van der Waals surface area contributed by atoms with Gasteiger partial charge in [-0.15, -0.1) is 0 Å². The number of fused-ring (bicyclic) bond motifs is 1. The molecule has 0 spiro atoms. The molecule has 0 amide bonds. The fourth-order valence-corrected chi connectivity index (χ4v) is 3.72. The monoisotopic (exact) mass is 430 g/mol. The SMILES string of the molecule is CCCCc1n[nH]c(=S)n1/N=C/c1c(OCc2ccccc2C)ccc2ccccc12. The number of aromatic nitrogens is 3. The van der Waals surface area contributed by atoms with E-state index in [4.69, 9.17) is 17.0 Å².